The monoisotopic (exact) mass is 224 g/mol. The Morgan fingerprint density at radius 2 is 2.33 bits per heavy atom. The van der Waals surface area contributed by atoms with Gasteiger partial charge in [0.2, 0.25) is 0 Å². The maximum absolute atomic E-state index is 13.5. The number of amidine groups is 1. The summed E-state index contributed by atoms with van der Waals surface area (Å²) in [5.74, 6) is 0.744. The molecule has 1 aromatic rings. The number of halogens is 1. The summed E-state index contributed by atoms with van der Waals surface area (Å²) in [6.07, 6.45) is 0. The fourth-order valence-electron chi connectivity index (χ4n) is 1.38. The van der Waals surface area contributed by atoms with Crippen LogP contribution < -0.4 is 5.32 Å². The number of aryl methyl sites for hydroxylation is 1. The Kier molecular flexibility index (Phi) is 2.95. The predicted molar refractivity (Wildman–Crippen MR) is 64.1 cm³/mol. The molecule has 1 unspecified atom stereocenters. The summed E-state index contributed by atoms with van der Waals surface area (Å²) >= 11 is 1.63. The van der Waals surface area contributed by atoms with E-state index in [0.29, 0.717) is 11.7 Å². The maximum atomic E-state index is 13.5. The van der Waals surface area contributed by atoms with Crippen molar-refractivity contribution in [1.29, 1.82) is 0 Å². The lowest BCUT2D eigenvalue weighted by molar-refractivity contribution is 0.631. The molecule has 0 saturated heterocycles. The van der Waals surface area contributed by atoms with Gasteiger partial charge in [-0.05, 0) is 31.5 Å². The first-order valence-electron chi connectivity index (χ1n) is 4.89. The quantitative estimate of drug-likeness (QED) is 0.793. The molecule has 0 fully saturated rings. The predicted octanol–water partition coefficient (Wildman–Crippen LogP) is 3.04. The molecule has 0 saturated carbocycles. The second-order valence-corrected chi connectivity index (χ2v) is 4.71. The van der Waals surface area contributed by atoms with Gasteiger partial charge in [-0.15, -0.1) is 0 Å². The second-order valence-electron chi connectivity index (χ2n) is 3.70. The van der Waals surface area contributed by atoms with Gasteiger partial charge in [0.25, 0.3) is 0 Å². The van der Waals surface area contributed by atoms with Crippen LogP contribution in [0.15, 0.2) is 23.2 Å². The zero-order valence-corrected chi connectivity index (χ0v) is 9.57. The Labute approximate surface area is 93.0 Å². The molecule has 2 rings (SSSR count). The fourth-order valence-corrected chi connectivity index (χ4v) is 2.29. The van der Waals surface area contributed by atoms with Crippen molar-refractivity contribution in [3.05, 3.63) is 29.6 Å². The number of nitrogens with one attached hydrogen (secondary N) is 1. The topological polar surface area (TPSA) is 24.4 Å². The average Bonchev–Trinajstić information content (AvgIpc) is 2.56. The molecule has 1 aromatic carbocycles. The van der Waals surface area contributed by atoms with Crippen LogP contribution >= 0.6 is 11.8 Å². The van der Waals surface area contributed by atoms with E-state index in [2.05, 4.69) is 10.3 Å². The second kappa shape index (κ2) is 4.23. The van der Waals surface area contributed by atoms with Gasteiger partial charge in [-0.3, -0.25) is 4.99 Å². The van der Waals surface area contributed by atoms with Crippen LogP contribution in [0.1, 0.15) is 12.5 Å². The van der Waals surface area contributed by atoms with E-state index >= 15 is 0 Å². The van der Waals surface area contributed by atoms with Gasteiger partial charge < -0.3 is 5.32 Å². The SMILES string of the molecule is Cc1ccc(NC2=NC(C)CS2)c(F)c1. The first-order chi connectivity index (χ1) is 7.15. The number of hydrogen-bond donors (Lipinski definition) is 1. The number of hydrogen-bond acceptors (Lipinski definition) is 3. The van der Waals surface area contributed by atoms with Crippen LogP contribution in [-0.2, 0) is 0 Å². The van der Waals surface area contributed by atoms with Crippen molar-refractivity contribution in [2.45, 2.75) is 19.9 Å². The maximum Gasteiger partial charge on any atom is 0.161 e. The van der Waals surface area contributed by atoms with Gasteiger partial charge in [0.1, 0.15) is 5.82 Å². The van der Waals surface area contributed by atoms with Crippen molar-refractivity contribution in [1.82, 2.24) is 0 Å². The Hall–Kier alpha value is -1.03. The minimum absolute atomic E-state index is 0.224. The first kappa shape index (κ1) is 10.5. The van der Waals surface area contributed by atoms with Crippen molar-refractivity contribution < 1.29 is 4.39 Å². The van der Waals surface area contributed by atoms with Crippen LogP contribution in [0.2, 0.25) is 0 Å². The average molecular weight is 224 g/mol. The highest BCUT2D eigenvalue weighted by Gasteiger charge is 2.14. The van der Waals surface area contributed by atoms with Crippen LogP contribution in [0.3, 0.4) is 0 Å². The van der Waals surface area contributed by atoms with Crippen LogP contribution in [0.4, 0.5) is 10.1 Å². The molecule has 0 amide bonds. The molecule has 0 aromatic heterocycles. The van der Waals surface area contributed by atoms with E-state index in [1.165, 1.54) is 6.07 Å². The number of aliphatic imine (C=N–C) groups is 1. The number of nitrogens with zero attached hydrogens (tertiary/aromatic N) is 1. The largest absolute Gasteiger partial charge is 0.333 e. The molecule has 0 aliphatic carbocycles. The molecule has 1 aliphatic rings. The summed E-state index contributed by atoms with van der Waals surface area (Å²) in [7, 11) is 0. The number of benzene rings is 1. The summed E-state index contributed by atoms with van der Waals surface area (Å²) in [4.78, 5) is 4.35. The van der Waals surface area contributed by atoms with Gasteiger partial charge in [-0.1, -0.05) is 17.8 Å². The minimum atomic E-state index is -0.224. The number of anilines is 1. The van der Waals surface area contributed by atoms with E-state index in [0.717, 1.165) is 16.5 Å². The molecular formula is C11H13FN2S. The summed E-state index contributed by atoms with van der Waals surface area (Å²) in [5.41, 5.74) is 1.42. The van der Waals surface area contributed by atoms with Crippen LogP contribution in [0.25, 0.3) is 0 Å². The molecular weight excluding hydrogens is 211 g/mol. The van der Waals surface area contributed by atoms with E-state index < -0.39 is 0 Å². The van der Waals surface area contributed by atoms with Gasteiger partial charge in [0.15, 0.2) is 5.17 Å². The van der Waals surface area contributed by atoms with Crippen LogP contribution in [0.5, 0.6) is 0 Å². The molecule has 1 heterocycles. The lowest BCUT2D eigenvalue weighted by Gasteiger charge is -2.06. The lowest BCUT2D eigenvalue weighted by atomic mass is 10.2. The van der Waals surface area contributed by atoms with Gasteiger partial charge in [-0.25, -0.2) is 4.39 Å². The molecule has 0 spiro atoms. The molecule has 1 atom stereocenters. The molecule has 0 bridgehead atoms. The van der Waals surface area contributed by atoms with Gasteiger partial charge in [0, 0.05) is 5.75 Å². The van der Waals surface area contributed by atoms with E-state index in [1.54, 1.807) is 17.8 Å². The third-order valence-electron chi connectivity index (χ3n) is 2.17. The van der Waals surface area contributed by atoms with E-state index in [9.17, 15) is 4.39 Å². The van der Waals surface area contributed by atoms with E-state index in [-0.39, 0.29) is 5.82 Å². The minimum Gasteiger partial charge on any atom is -0.333 e. The Morgan fingerprint density at radius 3 is 2.93 bits per heavy atom. The summed E-state index contributed by atoms with van der Waals surface area (Å²) < 4.78 is 13.5. The standard InChI is InChI=1S/C11H13FN2S/c1-7-3-4-10(9(12)5-7)14-11-13-8(2)6-15-11/h3-5,8H,6H2,1-2H3,(H,13,14). The summed E-state index contributed by atoms with van der Waals surface area (Å²) in [6, 6.07) is 5.48. The van der Waals surface area contributed by atoms with Gasteiger partial charge in [0.05, 0.1) is 11.7 Å². The van der Waals surface area contributed by atoms with Crippen molar-refractivity contribution in [3.8, 4) is 0 Å². The third kappa shape index (κ3) is 2.50. The van der Waals surface area contributed by atoms with Crippen molar-refractivity contribution in [3.63, 3.8) is 0 Å². The third-order valence-corrected chi connectivity index (χ3v) is 3.30. The highest BCUT2D eigenvalue weighted by atomic mass is 32.2. The molecule has 4 heteroatoms. The molecule has 1 N–H and O–H groups in total. The van der Waals surface area contributed by atoms with Gasteiger partial charge in [-0.2, -0.15) is 0 Å². The molecule has 80 valence electrons. The smallest absolute Gasteiger partial charge is 0.161 e. The van der Waals surface area contributed by atoms with Gasteiger partial charge >= 0.3 is 0 Å². The fraction of sp³-hybridized carbons (Fsp3) is 0.364. The molecule has 1 aliphatic heterocycles. The van der Waals surface area contributed by atoms with Crippen LogP contribution in [0, 0.1) is 12.7 Å². The lowest BCUT2D eigenvalue weighted by Crippen LogP contribution is -2.06. The summed E-state index contributed by atoms with van der Waals surface area (Å²) in [6.45, 7) is 3.92. The Bertz CT molecular complexity index is 404. The zero-order valence-electron chi connectivity index (χ0n) is 8.75. The molecule has 0 radical (unpaired) electrons. The highest BCUT2D eigenvalue weighted by molar-refractivity contribution is 8.14. The number of rotatable bonds is 1. The Balaban J connectivity index is 2.14. The van der Waals surface area contributed by atoms with Crippen molar-refractivity contribution >= 4 is 22.6 Å². The summed E-state index contributed by atoms with van der Waals surface area (Å²) in [5, 5.41) is 3.82. The zero-order chi connectivity index (χ0) is 10.8. The normalized spacial score (nSPS) is 20.2. The molecule has 2 nitrogen and oxygen atoms in total. The van der Waals surface area contributed by atoms with Crippen LogP contribution in [-0.4, -0.2) is 17.0 Å². The van der Waals surface area contributed by atoms with E-state index in [1.807, 2.05) is 19.9 Å². The molecule has 15 heavy (non-hydrogen) atoms. The Morgan fingerprint density at radius 1 is 1.53 bits per heavy atom. The first-order valence-corrected chi connectivity index (χ1v) is 5.87. The van der Waals surface area contributed by atoms with Crippen molar-refractivity contribution in [2.24, 2.45) is 4.99 Å². The highest BCUT2D eigenvalue weighted by Crippen LogP contribution is 2.22. The van der Waals surface area contributed by atoms with Crippen molar-refractivity contribution in [2.75, 3.05) is 11.1 Å². The van der Waals surface area contributed by atoms with E-state index in [4.69, 9.17) is 0 Å². The number of thioether (sulfide) groups is 1.